The summed E-state index contributed by atoms with van der Waals surface area (Å²) in [7, 11) is 0. The molecule has 20 heavy (non-hydrogen) atoms. The minimum atomic E-state index is 0.484. The Morgan fingerprint density at radius 1 is 1.25 bits per heavy atom. The van der Waals surface area contributed by atoms with Gasteiger partial charge in [-0.05, 0) is 30.9 Å². The van der Waals surface area contributed by atoms with Crippen LogP contribution >= 0.6 is 27.7 Å². The molecule has 110 valence electrons. The summed E-state index contributed by atoms with van der Waals surface area (Å²) in [4.78, 5) is 4.12. The van der Waals surface area contributed by atoms with Gasteiger partial charge in [0.25, 0.3) is 0 Å². The zero-order chi connectivity index (χ0) is 13.8. The van der Waals surface area contributed by atoms with Crippen LogP contribution in [0.5, 0.6) is 0 Å². The molecule has 0 spiro atoms. The molecular formula is C16H22BrNOS. The van der Waals surface area contributed by atoms with Gasteiger partial charge in [0.05, 0.1) is 12.7 Å². The van der Waals surface area contributed by atoms with Crippen molar-refractivity contribution in [3.8, 4) is 0 Å². The molecular weight excluding hydrogens is 334 g/mol. The van der Waals surface area contributed by atoms with Crippen molar-refractivity contribution < 1.29 is 4.74 Å². The number of hydrogen-bond donors (Lipinski definition) is 0. The third kappa shape index (κ3) is 3.79. The van der Waals surface area contributed by atoms with Gasteiger partial charge in [0.1, 0.15) is 0 Å². The Hall–Kier alpha value is -0.0300. The normalized spacial score (nSPS) is 23.9. The van der Waals surface area contributed by atoms with E-state index in [0.29, 0.717) is 6.10 Å². The van der Waals surface area contributed by atoms with Crippen molar-refractivity contribution in [2.75, 3.05) is 31.6 Å². The maximum Gasteiger partial charge on any atom is 0.0599 e. The molecule has 0 radical (unpaired) electrons. The molecule has 0 bridgehead atoms. The fraction of sp³-hybridized carbons (Fsp3) is 0.625. The third-order valence-electron chi connectivity index (χ3n) is 4.14. The van der Waals surface area contributed by atoms with E-state index in [2.05, 4.69) is 56.9 Å². The van der Waals surface area contributed by atoms with Crippen molar-refractivity contribution in [1.82, 2.24) is 4.90 Å². The molecule has 1 atom stereocenters. The summed E-state index contributed by atoms with van der Waals surface area (Å²) in [5, 5.41) is 1.69. The Kier molecular flexibility index (Phi) is 5.43. The van der Waals surface area contributed by atoms with Gasteiger partial charge in [0.2, 0.25) is 0 Å². The van der Waals surface area contributed by atoms with Crippen molar-refractivity contribution in [2.24, 2.45) is 0 Å². The standard InChI is InChI=1S/C16H22BrNOS/c17-7-10-19-14-5-8-18(9-6-14)12-15-11-13-3-1-2-4-16(13)20-15/h1-4,14-15H,5-12H2. The van der Waals surface area contributed by atoms with Gasteiger partial charge in [-0.2, -0.15) is 0 Å². The van der Waals surface area contributed by atoms with E-state index < -0.39 is 0 Å². The summed E-state index contributed by atoms with van der Waals surface area (Å²) in [5.74, 6) is 0. The fourth-order valence-electron chi connectivity index (χ4n) is 3.11. The Labute approximate surface area is 134 Å². The molecule has 0 aliphatic carbocycles. The van der Waals surface area contributed by atoms with Crippen LogP contribution in [0.3, 0.4) is 0 Å². The lowest BCUT2D eigenvalue weighted by molar-refractivity contribution is 0.0161. The minimum Gasteiger partial charge on any atom is -0.377 e. The zero-order valence-corrected chi connectivity index (χ0v) is 14.2. The smallest absolute Gasteiger partial charge is 0.0599 e. The van der Waals surface area contributed by atoms with Crippen LogP contribution in [0.2, 0.25) is 0 Å². The van der Waals surface area contributed by atoms with Gasteiger partial charge in [-0.15, -0.1) is 11.8 Å². The van der Waals surface area contributed by atoms with Crippen LogP contribution in [0.15, 0.2) is 29.2 Å². The Morgan fingerprint density at radius 2 is 2.05 bits per heavy atom. The number of alkyl halides is 1. The average molecular weight is 356 g/mol. The first-order valence-corrected chi connectivity index (χ1v) is 9.50. The van der Waals surface area contributed by atoms with E-state index >= 15 is 0 Å². The largest absolute Gasteiger partial charge is 0.377 e. The Morgan fingerprint density at radius 3 is 2.80 bits per heavy atom. The lowest BCUT2D eigenvalue weighted by Crippen LogP contribution is -2.40. The van der Waals surface area contributed by atoms with E-state index in [1.165, 1.54) is 49.4 Å². The fourth-order valence-corrected chi connectivity index (χ4v) is 4.67. The summed E-state index contributed by atoms with van der Waals surface area (Å²) in [6.07, 6.45) is 4.10. The molecule has 0 N–H and O–H groups in total. The van der Waals surface area contributed by atoms with Gasteiger partial charge < -0.3 is 9.64 Å². The minimum absolute atomic E-state index is 0.484. The Balaban J connectivity index is 1.43. The second-order valence-electron chi connectivity index (χ2n) is 5.61. The number of hydrogen-bond acceptors (Lipinski definition) is 3. The summed E-state index contributed by atoms with van der Waals surface area (Å²) in [6.45, 7) is 4.46. The topological polar surface area (TPSA) is 12.5 Å². The summed E-state index contributed by atoms with van der Waals surface area (Å²) in [5.41, 5.74) is 1.54. The van der Waals surface area contributed by atoms with Gasteiger partial charge in [0, 0.05) is 35.1 Å². The van der Waals surface area contributed by atoms with Crippen LogP contribution in [-0.2, 0) is 11.2 Å². The number of likely N-dealkylation sites (tertiary alicyclic amines) is 1. The highest BCUT2D eigenvalue weighted by atomic mass is 79.9. The molecule has 2 heterocycles. The van der Waals surface area contributed by atoms with Crippen LogP contribution in [0.4, 0.5) is 0 Å². The van der Waals surface area contributed by atoms with Crippen LogP contribution < -0.4 is 0 Å². The Bertz CT molecular complexity index is 409. The van der Waals surface area contributed by atoms with Crippen LogP contribution in [-0.4, -0.2) is 47.8 Å². The summed E-state index contributed by atoms with van der Waals surface area (Å²) in [6, 6.07) is 8.86. The van der Waals surface area contributed by atoms with E-state index in [9.17, 15) is 0 Å². The number of rotatable bonds is 5. The first-order valence-electron chi connectivity index (χ1n) is 7.49. The maximum atomic E-state index is 5.82. The number of fused-ring (bicyclic) bond motifs is 1. The molecule has 2 aliphatic rings. The molecule has 1 fully saturated rings. The third-order valence-corrected chi connectivity index (χ3v) is 5.77. The second kappa shape index (κ2) is 7.30. The predicted molar refractivity (Wildman–Crippen MR) is 89.0 cm³/mol. The number of nitrogens with zero attached hydrogens (tertiary/aromatic N) is 1. The van der Waals surface area contributed by atoms with E-state index in [1.54, 1.807) is 0 Å². The molecule has 4 heteroatoms. The van der Waals surface area contributed by atoms with E-state index in [0.717, 1.165) is 17.2 Å². The van der Waals surface area contributed by atoms with Crippen molar-refractivity contribution in [3.63, 3.8) is 0 Å². The zero-order valence-electron chi connectivity index (χ0n) is 11.8. The molecule has 1 unspecified atom stereocenters. The van der Waals surface area contributed by atoms with Gasteiger partial charge in [-0.1, -0.05) is 34.1 Å². The average Bonchev–Trinajstić information content (AvgIpc) is 2.89. The lowest BCUT2D eigenvalue weighted by Gasteiger charge is -2.33. The van der Waals surface area contributed by atoms with Crippen molar-refractivity contribution in [3.05, 3.63) is 29.8 Å². The van der Waals surface area contributed by atoms with Crippen LogP contribution in [0.1, 0.15) is 18.4 Å². The second-order valence-corrected chi connectivity index (χ2v) is 7.75. The number of ether oxygens (including phenoxy) is 1. The van der Waals surface area contributed by atoms with Crippen LogP contribution in [0.25, 0.3) is 0 Å². The quantitative estimate of drug-likeness (QED) is 0.749. The monoisotopic (exact) mass is 355 g/mol. The van der Waals surface area contributed by atoms with E-state index in [-0.39, 0.29) is 0 Å². The van der Waals surface area contributed by atoms with Crippen LogP contribution in [0, 0.1) is 0 Å². The molecule has 1 aromatic carbocycles. The molecule has 1 saturated heterocycles. The SMILES string of the molecule is BrCCOC1CCN(CC2Cc3ccccc3S2)CC1. The van der Waals surface area contributed by atoms with Gasteiger partial charge in [-0.3, -0.25) is 0 Å². The number of benzene rings is 1. The molecule has 0 amide bonds. The number of halogens is 1. The van der Waals surface area contributed by atoms with E-state index in [4.69, 9.17) is 4.74 Å². The molecule has 1 aromatic rings. The van der Waals surface area contributed by atoms with Crippen molar-refractivity contribution in [1.29, 1.82) is 0 Å². The number of thioether (sulfide) groups is 1. The first kappa shape index (κ1) is 14.9. The molecule has 3 rings (SSSR count). The highest BCUT2D eigenvalue weighted by Crippen LogP contribution is 2.37. The van der Waals surface area contributed by atoms with Crippen molar-refractivity contribution in [2.45, 2.75) is 35.5 Å². The van der Waals surface area contributed by atoms with Gasteiger partial charge >= 0.3 is 0 Å². The highest BCUT2D eigenvalue weighted by Gasteiger charge is 2.26. The predicted octanol–water partition coefficient (Wildman–Crippen LogP) is 3.58. The molecule has 2 aliphatic heterocycles. The summed E-state index contributed by atoms with van der Waals surface area (Å²) >= 11 is 5.49. The first-order chi connectivity index (χ1) is 9.85. The lowest BCUT2D eigenvalue weighted by atomic mass is 10.1. The van der Waals surface area contributed by atoms with Gasteiger partial charge in [0.15, 0.2) is 0 Å². The molecule has 0 saturated carbocycles. The maximum absolute atomic E-state index is 5.82. The van der Waals surface area contributed by atoms with Crippen molar-refractivity contribution >= 4 is 27.7 Å². The molecule has 2 nitrogen and oxygen atoms in total. The summed E-state index contributed by atoms with van der Waals surface area (Å²) < 4.78 is 5.82. The number of piperidine rings is 1. The molecule has 0 aromatic heterocycles. The highest BCUT2D eigenvalue weighted by molar-refractivity contribution is 9.09. The van der Waals surface area contributed by atoms with Gasteiger partial charge in [-0.25, -0.2) is 0 Å². The van der Waals surface area contributed by atoms with E-state index in [1.807, 2.05) is 0 Å².